The second kappa shape index (κ2) is 5.21. The summed E-state index contributed by atoms with van der Waals surface area (Å²) < 4.78 is 5.24. The van der Waals surface area contributed by atoms with Crippen LogP contribution in [0.5, 0.6) is 0 Å². The van der Waals surface area contributed by atoms with E-state index in [-0.39, 0.29) is 47.9 Å². The fourth-order valence-electron chi connectivity index (χ4n) is 3.96. The number of fused-ring (bicyclic) bond motifs is 5. The van der Waals surface area contributed by atoms with Gasteiger partial charge in [-0.05, 0) is 45.4 Å². The van der Waals surface area contributed by atoms with Gasteiger partial charge in [0.1, 0.15) is 5.60 Å². The number of carbonyl (C=O) groups is 3. The lowest BCUT2D eigenvalue weighted by molar-refractivity contribution is -0.155. The van der Waals surface area contributed by atoms with Gasteiger partial charge in [-0.3, -0.25) is 19.3 Å². The third-order valence-electron chi connectivity index (χ3n) is 4.74. The Morgan fingerprint density at radius 3 is 2.23 bits per heavy atom. The highest BCUT2D eigenvalue weighted by Crippen LogP contribution is 2.52. The third-order valence-corrected chi connectivity index (χ3v) is 4.74. The SMILES string of the molecule is CC(C)(C)OC(=O)CCCN1C(=O)C2C3C=CC(C3)C2C1=O. The van der Waals surface area contributed by atoms with Gasteiger partial charge in [0, 0.05) is 13.0 Å². The number of esters is 1. The van der Waals surface area contributed by atoms with Crippen LogP contribution in [0.3, 0.4) is 0 Å². The summed E-state index contributed by atoms with van der Waals surface area (Å²) in [5.74, 6) is -0.196. The van der Waals surface area contributed by atoms with Crippen molar-refractivity contribution in [1.82, 2.24) is 4.90 Å². The van der Waals surface area contributed by atoms with Gasteiger partial charge in [0.05, 0.1) is 11.8 Å². The molecule has 0 radical (unpaired) electrons. The summed E-state index contributed by atoms with van der Waals surface area (Å²) in [6, 6.07) is 0. The molecule has 0 N–H and O–H groups in total. The van der Waals surface area contributed by atoms with E-state index in [0.717, 1.165) is 6.42 Å². The number of amides is 2. The average molecular weight is 305 g/mol. The Morgan fingerprint density at radius 2 is 1.73 bits per heavy atom. The Hall–Kier alpha value is -1.65. The van der Waals surface area contributed by atoms with Gasteiger partial charge in [-0.2, -0.15) is 0 Å². The maximum absolute atomic E-state index is 12.4. The van der Waals surface area contributed by atoms with Crippen LogP contribution in [0.25, 0.3) is 0 Å². The van der Waals surface area contributed by atoms with Crippen molar-refractivity contribution in [3.63, 3.8) is 0 Å². The van der Waals surface area contributed by atoms with Gasteiger partial charge in [-0.15, -0.1) is 0 Å². The highest BCUT2D eigenvalue weighted by atomic mass is 16.6. The van der Waals surface area contributed by atoms with Crippen molar-refractivity contribution in [2.45, 2.75) is 45.6 Å². The Labute approximate surface area is 130 Å². The molecule has 5 heteroatoms. The molecule has 22 heavy (non-hydrogen) atoms. The lowest BCUT2D eigenvalue weighted by Gasteiger charge is -2.20. The van der Waals surface area contributed by atoms with E-state index in [1.807, 2.05) is 20.8 Å². The van der Waals surface area contributed by atoms with Gasteiger partial charge in [0.2, 0.25) is 11.8 Å². The minimum atomic E-state index is -0.502. The van der Waals surface area contributed by atoms with Gasteiger partial charge in [-0.25, -0.2) is 0 Å². The summed E-state index contributed by atoms with van der Waals surface area (Å²) in [7, 11) is 0. The average Bonchev–Trinajstić information content (AvgIpc) is 3.05. The second-order valence-corrected chi connectivity index (χ2v) is 7.52. The highest BCUT2D eigenvalue weighted by Gasteiger charge is 2.58. The molecule has 4 atom stereocenters. The van der Waals surface area contributed by atoms with Crippen molar-refractivity contribution < 1.29 is 19.1 Å². The number of ether oxygens (including phenoxy) is 1. The number of hydrogen-bond acceptors (Lipinski definition) is 4. The van der Waals surface area contributed by atoms with E-state index in [2.05, 4.69) is 12.2 Å². The van der Waals surface area contributed by atoms with Gasteiger partial charge in [0.15, 0.2) is 0 Å². The van der Waals surface area contributed by atoms with Crippen LogP contribution in [0.1, 0.15) is 40.0 Å². The van der Waals surface area contributed by atoms with Crippen molar-refractivity contribution in [2.75, 3.05) is 6.54 Å². The molecular weight excluding hydrogens is 282 g/mol. The van der Waals surface area contributed by atoms with E-state index in [4.69, 9.17) is 4.74 Å². The summed E-state index contributed by atoms with van der Waals surface area (Å²) in [4.78, 5) is 37.9. The van der Waals surface area contributed by atoms with Crippen LogP contribution in [0.2, 0.25) is 0 Å². The predicted octanol–water partition coefficient (Wildman–Crippen LogP) is 1.92. The zero-order valence-corrected chi connectivity index (χ0v) is 13.4. The largest absolute Gasteiger partial charge is 0.460 e. The minimum absolute atomic E-state index is 0.0453. The number of carbonyl (C=O) groups excluding carboxylic acids is 3. The van der Waals surface area contributed by atoms with E-state index >= 15 is 0 Å². The zero-order valence-electron chi connectivity index (χ0n) is 13.4. The molecule has 1 heterocycles. The fourth-order valence-corrected chi connectivity index (χ4v) is 3.96. The van der Waals surface area contributed by atoms with Crippen LogP contribution >= 0.6 is 0 Å². The first-order chi connectivity index (χ1) is 10.3. The number of nitrogens with zero attached hydrogens (tertiary/aromatic N) is 1. The smallest absolute Gasteiger partial charge is 0.306 e. The van der Waals surface area contributed by atoms with Crippen molar-refractivity contribution >= 4 is 17.8 Å². The van der Waals surface area contributed by atoms with Crippen LogP contribution in [0.15, 0.2) is 12.2 Å². The summed E-state index contributed by atoms with van der Waals surface area (Å²) in [5.41, 5.74) is -0.502. The van der Waals surface area contributed by atoms with Crippen LogP contribution < -0.4 is 0 Å². The second-order valence-electron chi connectivity index (χ2n) is 7.52. The molecule has 1 saturated carbocycles. The van der Waals surface area contributed by atoms with Crippen molar-refractivity contribution in [3.05, 3.63) is 12.2 Å². The summed E-state index contributed by atoms with van der Waals surface area (Å²) in [6.07, 6.45) is 5.81. The molecule has 1 aliphatic heterocycles. The van der Waals surface area contributed by atoms with Gasteiger partial charge in [0.25, 0.3) is 0 Å². The van der Waals surface area contributed by atoms with Crippen LogP contribution in [-0.2, 0) is 19.1 Å². The fraction of sp³-hybridized carbons (Fsp3) is 0.706. The molecule has 3 aliphatic rings. The molecule has 4 unspecified atom stereocenters. The molecule has 2 aliphatic carbocycles. The number of likely N-dealkylation sites (tertiary alicyclic amines) is 1. The summed E-state index contributed by atoms with van der Waals surface area (Å²) in [5, 5.41) is 0. The number of allylic oxidation sites excluding steroid dienone is 2. The molecule has 2 amide bonds. The van der Waals surface area contributed by atoms with Gasteiger partial charge < -0.3 is 4.74 Å². The molecule has 2 bridgehead atoms. The monoisotopic (exact) mass is 305 g/mol. The van der Waals surface area contributed by atoms with Gasteiger partial charge in [-0.1, -0.05) is 12.2 Å². The van der Waals surface area contributed by atoms with E-state index in [1.54, 1.807) is 0 Å². The first-order valence-electron chi connectivity index (χ1n) is 8.03. The molecule has 0 aromatic rings. The normalized spacial score (nSPS) is 32.8. The molecule has 0 aromatic carbocycles. The number of rotatable bonds is 4. The molecule has 120 valence electrons. The number of imide groups is 1. The van der Waals surface area contributed by atoms with E-state index < -0.39 is 5.60 Å². The Balaban J connectivity index is 1.53. The molecular formula is C17H23NO4. The molecule has 1 saturated heterocycles. The van der Waals surface area contributed by atoms with Crippen molar-refractivity contribution in [1.29, 1.82) is 0 Å². The molecule has 0 spiro atoms. The quantitative estimate of drug-likeness (QED) is 0.452. The maximum Gasteiger partial charge on any atom is 0.306 e. The predicted molar refractivity (Wildman–Crippen MR) is 79.5 cm³/mol. The van der Waals surface area contributed by atoms with Crippen molar-refractivity contribution in [2.24, 2.45) is 23.7 Å². The van der Waals surface area contributed by atoms with Gasteiger partial charge >= 0.3 is 5.97 Å². The first kappa shape index (κ1) is 15.3. The van der Waals surface area contributed by atoms with Crippen LogP contribution in [-0.4, -0.2) is 34.8 Å². The third kappa shape index (κ3) is 2.57. The van der Waals surface area contributed by atoms with E-state index in [1.165, 1.54) is 4.90 Å². The molecule has 5 nitrogen and oxygen atoms in total. The summed E-state index contributed by atoms with van der Waals surface area (Å²) >= 11 is 0. The first-order valence-corrected chi connectivity index (χ1v) is 8.03. The zero-order chi connectivity index (χ0) is 16.1. The highest BCUT2D eigenvalue weighted by molar-refractivity contribution is 6.06. The topological polar surface area (TPSA) is 63.7 Å². The molecule has 3 rings (SSSR count). The Kier molecular flexibility index (Phi) is 3.62. The van der Waals surface area contributed by atoms with E-state index in [0.29, 0.717) is 13.0 Å². The Morgan fingerprint density at radius 1 is 1.18 bits per heavy atom. The lowest BCUT2D eigenvalue weighted by Crippen LogP contribution is -2.34. The lowest BCUT2D eigenvalue weighted by atomic mass is 9.85. The van der Waals surface area contributed by atoms with Crippen LogP contribution in [0.4, 0.5) is 0 Å². The molecule has 2 fully saturated rings. The van der Waals surface area contributed by atoms with Crippen molar-refractivity contribution in [3.8, 4) is 0 Å². The minimum Gasteiger partial charge on any atom is -0.460 e. The number of hydrogen-bond donors (Lipinski definition) is 0. The van der Waals surface area contributed by atoms with Crippen LogP contribution in [0, 0.1) is 23.7 Å². The molecule has 0 aromatic heterocycles. The maximum atomic E-state index is 12.4. The standard InChI is InChI=1S/C17H23NO4/c1-17(2,3)22-12(19)5-4-8-18-15(20)13-10-6-7-11(9-10)14(13)16(18)21/h6-7,10-11,13-14H,4-5,8-9H2,1-3H3. The van der Waals surface area contributed by atoms with E-state index in [9.17, 15) is 14.4 Å². The Bertz CT molecular complexity index is 515. The summed E-state index contributed by atoms with van der Waals surface area (Å²) in [6.45, 7) is 5.79.